The third kappa shape index (κ3) is 1.25. The van der Waals surface area contributed by atoms with Crippen molar-refractivity contribution in [2.45, 2.75) is 6.67 Å². The van der Waals surface area contributed by atoms with Gasteiger partial charge in [0.1, 0.15) is 18.0 Å². The van der Waals surface area contributed by atoms with Gasteiger partial charge in [0.15, 0.2) is 0 Å². The number of aromatic hydroxyl groups is 1. The monoisotopic (exact) mass is 194 g/mol. The number of hydrogen-bond acceptors (Lipinski definition) is 3. The quantitative estimate of drug-likeness (QED) is 0.706. The fourth-order valence-electron chi connectivity index (χ4n) is 1.31. The average molecular weight is 194 g/mol. The van der Waals surface area contributed by atoms with E-state index in [9.17, 15) is 14.3 Å². The van der Waals surface area contributed by atoms with E-state index in [2.05, 4.69) is 0 Å². The third-order valence-electron chi connectivity index (χ3n) is 2.00. The molecule has 1 aromatic carbocycles. The van der Waals surface area contributed by atoms with Gasteiger partial charge in [-0.25, -0.2) is 9.18 Å². The minimum Gasteiger partial charge on any atom is -0.507 e. The lowest BCUT2D eigenvalue weighted by atomic mass is 10.1. The van der Waals surface area contributed by atoms with Crippen molar-refractivity contribution < 1.29 is 13.9 Å². The van der Waals surface area contributed by atoms with Crippen LogP contribution in [0.5, 0.6) is 5.75 Å². The maximum atomic E-state index is 12.5. The smallest absolute Gasteiger partial charge is 0.336 e. The Hall–Kier alpha value is -1.84. The Morgan fingerprint density at radius 3 is 2.71 bits per heavy atom. The first-order valence-corrected chi connectivity index (χ1v) is 4.03. The summed E-state index contributed by atoms with van der Waals surface area (Å²) in [5.41, 5.74) is -0.432. The van der Waals surface area contributed by atoms with Gasteiger partial charge < -0.3 is 9.52 Å². The minimum absolute atomic E-state index is 0.0141. The molecule has 72 valence electrons. The molecule has 14 heavy (non-hydrogen) atoms. The molecule has 0 atom stereocenters. The van der Waals surface area contributed by atoms with E-state index in [0.29, 0.717) is 5.39 Å². The van der Waals surface area contributed by atoms with Crippen LogP contribution in [0.3, 0.4) is 0 Å². The molecule has 0 bridgehead atoms. The molecule has 4 heteroatoms. The minimum atomic E-state index is -0.865. The lowest BCUT2D eigenvalue weighted by molar-refractivity contribution is 0.428. The lowest BCUT2D eigenvalue weighted by Gasteiger charge is -2.02. The Bertz CT molecular complexity index is 530. The van der Waals surface area contributed by atoms with Crippen molar-refractivity contribution in [1.82, 2.24) is 0 Å². The van der Waals surface area contributed by atoms with Crippen LogP contribution in [0.15, 0.2) is 33.5 Å². The molecule has 2 aromatic rings. The first-order valence-electron chi connectivity index (χ1n) is 4.03. The predicted octanol–water partition coefficient (Wildman–Crippen LogP) is 1.97. The van der Waals surface area contributed by atoms with Crippen molar-refractivity contribution in [3.8, 4) is 5.75 Å². The molecule has 0 radical (unpaired) electrons. The Morgan fingerprint density at radius 1 is 1.29 bits per heavy atom. The molecule has 0 amide bonds. The molecule has 1 N–H and O–H groups in total. The molecule has 0 aliphatic rings. The SMILES string of the molecule is O=c1ccc2ccc(O)c(CF)c2o1. The number of benzene rings is 1. The van der Waals surface area contributed by atoms with E-state index in [1.807, 2.05) is 0 Å². The van der Waals surface area contributed by atoms with Crippen LogP contribution < -0.4 is 5.63 Å². The molecular weight excluding hydrogens is 187 g/mol. The van der Waals surface area contributed by atoms with E-state index in [1.54, 1.807) is 6.07 Å². The van der Waals surface area contributed by atoms with Crippen LogP contribution in [0.25, 0.3) is 11.0 Å². The summed E-state index contributed by atoms with van der Waals surface area (Å²) in [6.07, 6.45) is 0. The topological polar surface area (TPSA) is 50.4 Å². The number of phenols is 1. The molecule has 1 aromatic heterocycles. The highest BCUT2D eigenvalue weighted by molar-refractivity contribution is 5.81. The van der Waals surface area contributed by atoms with E-state index < -0.39 is 12.3 Å². The van der Waals surface area contributed by atoms with Crippen molar-refractivity contribution in [3.05, 3.63) is 40.2 Å². The standard InChI is InChI=1S/C10H7FO3/c11-5-7-8(12)3-1-6-2-4-9(13)14-10(6)7/h1-4,12H,5H2. The van der Waals surface area contributed by atoms with Crippen LogP contribution in [0.4, 0.5) is 4.39 Å². The number of fused-ring (bicyclic) bond motifs is 1. The average Bonchev–Trinajstić information content (AvgIpc) is 2.17. The first kappa shape index (κ1) is 8.74. The zero-order valence-electron chi connectivity index (χ0n) is 7.16. The van der Waals surface area contributed by atoms with E-state index in [0.717, 1.165) is 0 Å². The Balaban J connectivity index is 2.91. The van der Waals surface area contributed by atoms with E-state index >= 15 is 0 Å². The van der Waals surface area contributed by atoms with E-state index in [-0.39, 0.29) is 16.9 Å². The number of rotatable bonds is 1. The zero-order valence-corrected chi connectivity index (χ0v) is 7.16. The summed E-state index contributed by atoms with van der Waals surface area (Å²) in [6.45, 7) is -0.865. The fraction of sp³-hybridized carbons (Fsp3) is 0.100. The van der Waals surface area contributed by atoms with Gasteiger partial charge in [-0.3, -0.25) is 0 Å². The van der Waals surface area contributed by atoms with Crippen molar-refractivity contribution in [1.29, 1.82) is 0 Å². The van der Waals surface area contributed by atoms with Crippen molar-refractivity contribution in [2.75, 3.05) is 0 Å². The molecule has 0 aliphatic heterocycles. The highest BCUT2D eigenvalue weighted by Gasteiger charge is 2.08. The largest absolute Gasteiger partial charge is 0.507 e. The molecule has 3 nitrogen and oxygen atoms in total. The Morgan fingerprint density at radius 2 is 2.00 bits per heavy atom. The third-order valence-corrected chi connectivity index (χ3v) is 2.00. The van der Waals surface area contributed by atoms with Gasteiger partial charge in [0.2, 0.25) is 0 Å². The molecule has 0 fully saturated rings. The summed E-state index contributed by atoms with van der Waals surface area (Å²) in [4.78, 5) is 10.9. The second kappa shape index (κ2) is 3.14. The van der Waals surface area contributed by atoms with E-state index in [4.69, 9.17) is 4.42 Å². The van der Waals surface area contributed by atoms with Gasteiger partial charge >= 0.3 is 5.63 Å². The van der Waals surface area contributed by atoms with Gasteiger partial charge in [-0.1, -0.05) is 0 Å². The molecule has 2 rings (SSSR count). The second-order valence-electron chi connectivity index (χ2n) is 2.87. The zero-order chi connectivity index (χ0) is 10.1. The van der Waals surface area contributed by atoms with Gasteiger partial charge in [-0.05, 0) is 18.2 Å². The molecule has 0 saturated carbocycles. The number of phenolic OH excluding ortho intramolecular Hbond substituents is 1. The van der Waals surface area contributed by atoms with Crippen molar-refractivity contribution in [2.24, 2.45) is 0 Å². The molecule has 0 unspecified atom stereocenters. The van der Waals surface area contributed by atoms with Gasteiger partial charge in [-0.15, -0.1) is 0 Å². The highest BCUT2D eigenvalue weighted by atomic mass is 19.1. The van der Waals surface area contributed by atoms with Gasteiger partial charge in [0.05, 0.1) is 5.56 Å². The molecule has 0 saturated heterocycles. The molecule has 1 heterocycles. The van der Waals surface area contributed by atoms with Crippen LogP contribution in [0.2, 0.25) is 0 Å². The second-order valence-corrected chi connectivity index (χ2v) is 2.87. The van der Waals surface area contributed by atoms with Crippen LogP contribution >= 0.6 is 0 Å². The van der Waals surface area contributed by atoms with Crippen molar-refractivity contribution in [3.63, 3.8) is 0 Å². The van der Waals surface area contributed by atoms with Crippen LogP contribution in [-0.2, 0) is 6.67 Å². The normalized spacial score (nSPS) is 10.6. The summed E-state index contributed by atoms with van der Waals surface area (Å²) < 4.78 is 17.3. The summed E-state index contributed by atoms with van der Waals surface area (Å²) in [5.74, 6) is -0.200. The van der Waals surface area contributed by atoms with Crippen molar-refractivity contribution >= 4 is 11.0 Å². The highest BCUT2D eigenvalue weighted by Crippen LogP contribution is 2.26. The van der Waals surface area contributed by atoms with Gasteiger partial charge in [-0.2, -0.15) is 0 Å². The van der Waals surface area contributed by atoms with Crippen LogP contribution in [0.1, 0.15) is 5.56 Å². The number of hydrogen-bond donors (Lipinski definition) is 1. The predicted molar refractivity (Wildman–Crippen MR) is 49.0 cm³/mol. The van der Waals surface area contributed by atoms with Crippen LogP contribution in [0, 0.1) is 0 Å². The summed E-state index contributed by atoms with van der Waals surface area (Å²) >= 11 is 0. The number of halogens is 1. The number of alkyl halides is 1. The maximum Gasteiger partial charge on any atom is 0.336 e. The molecule has 0 aliphatic carbocycles. The van der Waals surface area contributed by atoms with Gasteiger partial charge in [0, 0.05) is 11.5 Å². The lowest BCUT2D eigenvalue weighted by Crippen LogP contribution is -1.96. The van der Waals surface area contributed by atoms with Crippen LogP contribution in [-0.4, -0.2) is 5.11 Å². The maximum absolute atomic E-state index is 12.5. The summed E-state index contributed by atoms with van der Waals surface area (Å²) in [5, 5.41) is 9.89. The first-order chi connectivity index (χ1) is 6.72. The fourth-order valence-corrected chi connectivity index (χ4v) is 1.31. The molecule has 0 spiro atoms. The Kier molecular flexibility index (Phi) is 1.96. The molecular formula is C10H7FO3. The summed E-state index contributed by atoms with van der Waals surface area (Å²) in [7, 11) is 0. The van der Waals surface area contributed by atoms with Gasteiger partial charge in [0.25, 0.3) is 0 Å². The summed E-state index contributed by atoms with van der Waals surface area (Å²) in [6, 6.07) is 5.71. The Labute approximate surface area is 78.4 Å². The van der Waals surface area contributed by atoms with E-state index in [1.165, 1.54) is 18.2 Å².